The molecule has 1 heterocycles. The van der Waals surface area contributed by atoms with Crippen LogP contribution in [0.3, 0.4) is 0 Å². The summed E-state index contributed by atoms with van der Waals surface area (Å²) in [5.41, 5.74) is 0.833. The summed E-state index contributed by atoms with van der Waals surface area (Å²) in [6.45, 7) is 4.63. The Bertz CT molecular complexity index is 317. The minimum atomic E-state index is -0.763. The van der Waals surface area contributed by atoms with Crippen molar-refractivity contribution in [3.63, 3.8) is 0 Å². The molecule has 0 saturated carbocycles. The molecule has 0 bridgehead atoms. The third-order valence-electron chi connectivity index (χ3n) is 2.70. The van der Waals surface area contributed by atoms with Gasteiger partial charge in [0.15, 0.2) is 0 Å². The highest BCUT2D eigenvalue weighted by atomic mass is 16.4. The van der Waals surface area contributed by atoms with Gasteiger partial charge in [-0.25, -0.2) is 0 Å². The second-order valence-corrected chi connectivity index (χ2v) is 4.46. The monoisotopic (exact) mass is 210 g/mol. The van der Waals surface area contributed by atoms with E-state index in [2.05, 4.69) is 4.98 Å². The van der Waals surface area contributed by atoms with E-state index in [0.29, 0.717) is 0 Å². The van der Waals surface area contributed by atoms with Gasteiger partial charge in [-0.05, 0) is 32.5 Å². The van der Waals surface area contributed by atoms with Gasteiger partial charge in [-0.1, -0.05) is 0 Å². The van der Waals surface area contributed by atoms with Crippen LogP contribution >= 0.6 is 0 Å². The fourth-order valence-electron chi connectivity index (χ4n) is 1.45. The van der Waals surface area contributed by atoms with E-state index in [1.807, 2.05) is 44.3 Å². The topological polar surface area (TPSA) is 56.3 Å². The first-order valence-electron chi connectivity index (χ1n) is 4.96. The van der Waals surface area contributed by atoms with Crippen LogP contribution < -0.4 is 0 Å². The van der Waals surface area contributed by atoms with Crippen molar-refractivity contribution in [2.75, 3.05) is 7.05 Å². The van der Waals surface area contributed by atoms with E-state index in [1.54, 1.807) is 0 Å². The molecule has 0 atom stereocenters. The Morgan fingerprint density at radius 1 is 1.60 bits per heavy atom. The summed E-state index contributed by atoms with van der Waals surface area (Å²) in [6, 6.07) is 1.99. The summed E-state index contributed by atoms with van der Waals surface area (Å²) in [5, 5.41) is 8.79. The summed E-state index contributed by atoms with van der Waals surface area (Å²) < 4.78 is 0. The average molecular weight is 210 g/mol. The molecule has 0 radical (unpaired) electrons. The zero-order valence-electron chi connectivity index (χ0n) is 9.45. The van der Waals surface area contributed by atoms with Gasteiger partial charge in [0.1, 0.15) is 0 Å². The van der Waals surface area contributed by atoms with Gasteiger partial charge in [-0.15, -0.1) is 0 Å². The molecule has 0 aliphatic rings. The van der Waals surface area contributed by atoms with Crippen molar-refractivity contribution in [1.29, 1.82) is 0 Å². The van der Waals surface area contributed by atoms with Crippen molar-refractivity contribution < 1.29 is 9.90 Å². The smallest absolute Gasteiger partial charge is 0.305 e. The highest BCUT2D eigenvalue weighted by molar-refractivity contribution is 5.68. The lowest BCUT2D eigenvalue weighted by Gasteiger charge is -2.34. The molecule has 15 heavy (non-hydrogen) atoms. The van der Waals surface area contributed by atoms with E-state index in [4.69, 9.17) is 5.11 Å². The number of nitrogens with one attached hydrogen (secondary N) is 1. The zero-order valence-corrected chi connectivity index (χ0v) is 9.45. The number of nitrogens with zero attached hydrogens (tertiary/aromatic N) is 1. The van der Waals surface area contributed by atoms with E-state index in [9.17, 15) is 4.79 Å². The first-order valence-corrected chi connectivity index (χ1v) is 4.96. The largest absolute Gasteiger partial charge is 0.481 e. The van der Waals surface area contributed by atoms with Crippen molar-refractivity contribution in [1.82, 2.24) is 9.88 Å². The second kappa shape index (κ2) is 4.49. The van der Waals surface area contributed by atoms with Crippen molar-refractivity contribution in [2.24, 2.45) is 0 Å². The van der Waals surface area contributed by atoms with Crippen molar-refractivity contribution in [2.45, 2.75) is 32.4 Å². The quantitative estimate of drug-likeness (QED) is 0.777. The number of aliphatic carboxylic acids is 1. The molecule has 0 unspecified atom stereocenters. The Kier molecular flexibility index (Phi) is 3.52. The Morgan fingerprint density at radius 2 is 2.27 bits per heavy atom. The molecule has 0 aliphatic heterocycles. The first kappa shape index (κ1) is 11.8. The third-order valence-corrected chi connectivity index (χ3v) is 2.70. The maximum Gasteiger partial charge on any atom is 0.305 e. The van der Waals surface area contributed by atoms with Crippen molar-refractivity contribution >= 4 is 5.97 Å². The van der Waals surface area contributed by atoms with E-state index >= 15 is 0 Å². The van der Waals surface area contributed by atoms with E-state index in [0.717, 1.165) is 12.1 Å². The van der Waals surface area contributed by atoms with Crippen LogP contribution in [0.4, 0.5) is 0 Å². The average Bonchev–Trinajstić information content (AvgIpc) is 2.54. The van der Waals surface area contributed by atoms with Gasteiger partial charge in [0.2, 0.25) is 0 Å². The van der Waals surface area contributed by atoms with Crippen molar-refractivity contribution in [3.8, 4) is 0 Å². The molecule has 1 aromatic heterocycles. The van der Waals surface area contributed by atoms with Gasteiger partial charge in [0.05, 0.1) is 6.42 Å². The number of aromatic amines is 1. The van der Waals surface area contributed by atoms with Gasteiger partial charge in [0.25, 0.3) is 0 Å². The van der Waals surface area contributed by atoms with Crippen LogP contribution in [0.2, 0.25) is 0 Å². The van der Waals surface area contributed by atoms with Crippen LogP contribution in [0.1, 0.15) is 25.8 Å². The predicted molar refractivity (Wildman–Crippen MR) is 58.6 cm³/mol. The Hall–Kier alpha value is -1.29. The molecule has 0 amide bonds. The summed E-state index contributed by atoms with van der Waals surface area (Å²) >= 11 is 0. The third kappa shape index (κ3) is 3.40. The molecule has 0 aliphatic carbocycles. The SMILES string of the molecule is CN(Cc1cc[nH]c1)C(C)(C)CC(=O)O. The van der Waals surface area contributed by atoms with Crippen molar-refractivity contribution in [3.05, 3.63) is 24.0 Å². The minimum Gasteiger partial charge on any atom is -0.481 e. The molecule has 1 rings (SSSR count). The Morgan fingerprint density at radius 3 is 2.73 bits per heavy atom. The predicted octanol–water partition coefficient (Wildman–Crippen LogP) is 1.70. The maximum atomic E-state index is 10.7. The van der Waals surface area contributed by atoms with Gasteiger partial charge >= 0.3 is 5.97 Å². The number of aromatic nitrogens is 1. The van der Waals surface area contributed by atoms with Gasteiger partial charge in [-0.2, -0.15) is 0 Å². The minimum absolute atomic E-state index is 0.147. The molecular formula is C11H18N2O2. The molecule has 4 heteroatoms. The van der Waals surface area contributed by atoms with Gasteiger partial charge < -0.3 is 10.1 Å². The molecule has 0 aromatic carbocycles. The molecule has 2 N–H and O–H groups in total. The highest BCUT2D eigenvalue weighted by Crippen LogP contribution is 2.19. The molecule has 4 nitrogen and oxygen atoms in total. The maximum absolute atomic E-state index is 10.7. The molecule has 0 saturated heterocycles. The lowest BCUT2D eigenvalue weighted by atomic mass is 9.98. The fraction of sp³-hybridized carbons (Fsp3) is 0.545. The second-order valence-electron chi connectivity index (χ2n) is 4.46. The Balaban J connectivity index is 2.59. The summed E-state index contributed by atoms with van der Waals surface area (Å²) in [4.78, 5) is 15.7. The molecular weight excluding hydrogens is 192 g/mol. The van der Waals surface area contributed by atoms with E-state index in [1.165, 1.54) is 0 Å². The summed E-state index contributed by atoms with van der Waals surface area (Å²) in [6.07, 6.45) is 3.94. The van der Waals surface area contributed by atoms with Crippen LogP contribution in [-0.4, -0.2) is 33.5 Å². The van der Waals surface area contributed by atoms with Crippen LogP contribution in [0.25, 0.3) is 0 Å². The number of carbonyl (C=O) groups is 1. The number of H-pyrrole nitrogens is 1. The standard InChI is InChI=1S/C11H18N2O2/c1-11(2,6-10(14)15)13(3)8-9-4-5-12-7-9/h4-5,7,12H,6,8H2,1-3H3,(H,14,15). The normalized spacial score (nSPS) is 12.0. The zero-order chi connectivity index (χ0) is 11.5. The summed E-state index contributed by atoms with van der Waals surface area (Å²) in [5.74, 6) is -0.763. The van der Waals surface area contributed by atoms with Crippen LogP contribution in [-0.2, 0) is 11.3 Å². The number of hydrogen-bond acceptors (Lipinski definition) is 2. The van der Waals surface area contributed by atoms with Crippen LogP contribution in [0, 0.1) is 0 Å². The van der Waals surface area contributed by atoms with Gasteiger partial charge in [-0.3, -0.25) is 9.69 Å². The summed E-state index contributed by atoms with van der Waals surface area (Å²) in [7, 11) is 1.94. The van der Waals surface area contributed by atoms with E-state index < -0.39 is 5.97 Å². The molecule has 1 aromatic rings. The molecule has 0 spiro atoms. The number of hydrogen-bond donors (Lipinski definition) is 2. The highest BCUT2D eigenvalue weighted by Gasteiger charge is 2.26. The van der Waals surface area contributed by atoms with E-state index in [-0.39, 0.29) is 12.0 Å². The fourth-order valence-corrected chi connectivity index (χ4v) is 1.45. The van der Waals surface area contributed by atoms with Crippen LogP contribution in [0.15, 0.2) is 18.5 Å². The molecule has 84 valence electrons. The lowest BCUT2D eigenvalue weighted by Crippen LogP contribution is -2.42. The molecule has 0 fully saturated rings. The number of rotatable bonds is 5. The number of carboxylic acids is 1. The Labute approximate surface area is 89.9 Å². The lowest BCUT2D eigenvalue weighted by molar-refractivity contribution is -0.139. The van der Waals surface area contributed by atoms with Gasteiger partial charge in [0, 0.05) is 24.5 Å². The van der Waals surface area contributed by atoms with Crippen LogP contribution in [0.5, 0.6) is 0 Å². The number of carboxylic acid groups (broad SMARTS) is 1. The first-order chi connectivity index (χ1) is 6.92.